The smallest absolute Gasteiger partial charge is 0.105 e. The van der Waals surface area contributed by atoms with Gasteiger partial charge < -0.3 is 0 Å². The van der Waals surface area contributed by atoms with Crippen LogP contribution in [0.1, 0.15) is 45.6 Å². The van der Waals surface area contributed by atoms with Crippen LogP contribution in [-0.4, -0.2) is 13.5 Å². The van der Waals surface area contributed by atoms with Crippen LogP contribution >= 0.6 is 35.7 Å². The predicted octanol–water partition coefficient (Wildman–Crippen LogP) is 8.28. The van der Waals surface area contributed by atoms with Crippen molar-refractivity contribution in [1.82, 2.24) is 9.97 Å². The van der Waals surface area contributed by atoms with Crippen molar-refractivity contribution in [3.63, 3.8) is 0 Å². The fourth-order valence-electron chi connectivity index (χ4n) is 3.89. The van der Waals surface area contributed by atoms with Gasteiger partial charge >= 0.3 is 0 Å². The van der Waals surface area contributed by atoms with Crippen LogP contribution in [-0.2, 0) is 12.8 Å². The number of hydrogen-bond acceptors (Lipinski definition) is 5. The van der Waals surface area contributed by atoms with Crippen LogP contribution in [0, 0.1) is 0 Å². The highest BCUT2D eigenvalue weighted by Gasteiger charge is 2.20. The predicted molar refractivity (Wildman–Crippen MR) is 151 cm³/mol. The quantitative estimate of drug-likeness (QED) is 0.204. The molecule has 0 bridgehead atoms. The van der Waals surface area contributed by atoms with Crippen molar-refractivity contribution in [2.75, 3.05) is 0 Å². The Morgan fingerprint density at radius 3 is 1.35 bits per heavy atom. The Bertz CT molecular complexity index is 1030. The summed E-state index contributed by atoms with van der Waals surface area (Å²) in [5.41, 5.74) is 5.28. The average Bonchev–Trinajstić information content (AvgIpc) is 2.91. The lowest BCUT2D eigenvalue weighted by atomic mass is 10.0. The van der Waals surface area contributed by atoms with Gasteiger partial charge in [-0.05, 0) is 72.2 Å². The fourth-order valence-corrected chi connectivity index (χ4v) is 7.03. The standard InChI is InChI=1S/C29H28N2S3/c32-29(33-27(25-15-19-30-20-16-25)13-11-23-7-3-1-4-8-23)34-28(26-17-21-31-22-18-26)14-12-24-9-5-2-6-10-24/h1-10,15-22,27-28H,11-14H2. The molecule has 0 N–H and O–H groups in total. The van der Waals surface area contributed by atoms with Crippen LogP contribution in [0.2, 0.25) is 0 Å². The number of nitrogens with zero attached hydrogens (tertiary/aromatic N) is 2. The molecular formula is C29H28N2S3. The second-order valence-corrected chi connectivity index (χ2v) is 11.7. The number of aryl methyl sites for hydroxylation is 2. The summed E-state index contributed by atoms with van der Waals surface area (Å²) in [7, 11) is 0. The minimum absolute atomic E-state index is 0.301. The molecule has 0 fully saturated rings. The highest BCUT2D eigenvalue weighted by atomic mass is 32.2. The number of pyridine rings is 2. The van der Waals surface area contributed by atoms with E-state index in [1.54, 1.807) is 0 Å². The van der Waals surface area contributed by atoms with Gasteiger partial charge in [0.25, 0.3) is 0 Å². The van der Waals surface area contributed by atoms with Gasteiger partial charge in [-0.2, -0.15) is 0 Å². The third-order valence-corrected chi connectivity index (χ3v) is 8.83. The van der Waals surface area contributed by atoms with Gasteiger partial charge in [-0.15, -0.1) is 0 Å². The molecule has 5 heteroatoms. The molecule has 2 aromatic carbocycles. The lowest BCUT2D eigenvalue weighted by Gasteiger charge is -2.21. The maximum absolute atomic E-state index is 5.96. The molecule has 0 radical (unpaired) electrons. The molecule has 34 heavy (non-hydrogen) atoms. The van der Waals surface area contributed by atoms with Gasteiger partial charge in [-0.3, -0.25) is 9.97 Å². The van der Waals surface area contributed by atoms with Crippen molar-refractivity contribution >= 4 is 39.3 Å². The van der Waals surface area contributed by atoms with Gasteiger partial charge in [0.05, 0.1) is 0 Å². The summed E-state index contributed by atoms with van der Waals surface area (Å²) in [6, 6.07) is 29.8. The lowest BCUT2D eigenvalue weighted by Crippen LogP contribution is -2.03. The first-order valence-electron chi connectivity index (χ1n) is 11.5. The van der Waals surface area contributed by atoms with Crippen molar-refractivity contribution in [2.24, 2.45) is 0 Å². The van der Waals surface area contributed by atoms with E-state index in [9.17, 15) is 0 Å². The number of benzene rings is 2. The van der Waals surface area contributed by atoms with E-state index in [1.807, 2.05) is 48.3 Å². The maximum atomic E-state index is 5.96. The normalized spacial score (nSPS) is 12.7. The van der Waals surface area contributed by atoms with E-state index >= 15 is 0 Å². The number of thioether (sulfide) groups is 2. The van der Waals surface area contributed by atoms with Crippen LogP contribution in [0.5, 0.6) is 0 Å². The first kappa shape index (κ1) is 24.6. The minimum atomic E-state index is 0.301. The Balaban J connectivity index is 1.44. The molecule has 4 rings (SSSR count). The summed E-state index contributed by atoms with van der Waals surface area (Å²) in [6.45, 7) is 0. The molecular weight excluding hydrogens is 473 g/mol. The summed E-state index contributed by atoms with van der Waals surface area (Å²) in [4.78, 5) is 8.43. The van der Waals surface area contributed by atoms with Gasteiger partial charge in [0.15, 0.2) is 0 Å². The number of hydrogen-bond donors (Lipinski definition) is 0. The van der Waals surface area contributed by atoms with Crippen LogP contribution in [0.4, 0.5) is 0 Å². The summed E-state index contributed by atoms with van der Waals surface area (Å²) in [6.07, 6.45) is 11.6. The molecule has 2 aromatic heterocycles. The minimum Gasteiger partial charge on any atom is -0.265 e. The van der Waals surface area contributed by atoms with E-state index in [-0.39, 0.29) is 0 Å². The Hall–Kier alpha value is -2.47. The maximum Gasteiger partial charge on any atom is 0.105 e. The summed E-state index contributed by atoms with van der Waals surface area (Å²) in [5, 5.41) is 0.603. The second kappa shape index (κ2) is 13.4. The first-order valence-corrected chi connectivity index (χ1v) is 13.7. The Kier molecular flexibility index (Phi) is 9.73. The Morgan fingerprint density at radius 2 is 0.971 bits per heavy atom. The zero-order valence-corrected chi connectivity index (χ0v) is 21.4. The molecule has 4 aromatic rings. The highest BCUT2D eigenvalue weighted by molar-refractivity contribution is 8.47. The number of rotatable bonds is 10. The van der Waals surface area contributed by atoms with E-state index < -0.39 is 0 Å². The summed E-state index contributed by atoms with van der Waals surface area (Å²) in [5.74, 6) is 0. The zero-order chi connectivity index (χ0) is 23.4. The van der Waals surface area contributed by atoms with Gasteiger partial charge in [-0.25, -0.2) is 0 Å². The molecule has 0 aliphatic carbocycles. The van der Waals surface area contributed by atoms with Crippen LogP contribution in [0.25, 0.3) is 0 Å². The Labute approximate surface area is 216 Å². The monoisotopic (exact) mass is 500 g/mol. The number of thiocarbonyl (C=S) groups is 1. The highest BCUT2D eigenvalue weighted by Crippen LogP contribution is 2.43. The Morgan fingerprint density at radius 1 is 0.588 bits per heavy atom. The first-order chi connectivity index (χ1) is 16.8. The molecule has 2 nitrogen and oxygen atoms in total. The van der Waals surface area contributed by atoms with Gasteiger partial charge in [0.1, 0.15) is 3.53 Å². The third kappa shape index (κ3) is 7.79. The molecule has 0 spiro atoms. The van der Waals surface area contributed by atoms with E-state index in [0.29, 0.717) is 10.5 Å². The fraction of sp³-hybridized carbons (Fsp3) is 0.207. The molecule has 0 aliphatic heterocycles. The van der Waals surface area contributed by atoms with E-state index in [0.717, 1.165) is 29.2 Å². The molecule has 172 valence electrons. The van der Waals surface area contributed by atoms with Gasteiger partial charge in [-0.1, -0.05) is 96.4 Å². The molecule has 0 aliphatic rings. The van der Waals surface area contributed by atoms with Crippen LogP contribution < -0.4 is 0 Å². The molecule has 2 atom stereocenters. The second-order valence-electron chi connectivity index (χ2n) is 8.07. The molecule has 2 heterocycles. The lowest BCUT2D eigenvalue weighted by molar-refractivity contribution is 0.803. The molecule has 0 saturated heterocycles. The van der Waals surface area contributed by atoms with E-state index in [1.165, 1.54) is 22.3 Å². The van der Waals surface area contributed by atoms with E-state index in [4.69, 9.17) is 12.2 Å². The van der Waals surface area contributed by atoms with Gasteiger partial charge in [0, 0.05) is 35.3 Å². The zero-order valence-electron chi connectivity index (χ0n) is 19.0. The molecule has 2 unspecified atom stereocenters. The van der Waals surface area contributed by atoms with Crippen LogP contribution in [0.15, 0.2) is 110 Å². The van der Waals surface area contributed by atoms with E-state index in [2.05, 4.69) is 94.9 Å². The molecule has 0 saturated carbocycles. The number of aromatic nitrogens is 2. The van der Waals surface area contributed by atoms with Crippen molar-refractivity contribution < 1.29 is 0 Å². The van der Waals surface area contributed by atoms with Crippen molar-refractivity contribution in [3.05, 3.63) is 132 Å². The average molecular weight is 501 g/mol. The van der Waals surface area contributed by atoms with Crippen molar-refractivity contribution in [1.29, 1.82) is 0 Å². The van der Waals surface area contributed by atoms with Crippen molar-refractivity contribution in [2.45, 2.75) is 36.2 Å². The third-order valence-electron chi connectivity index (χ3n) is 5.71. The van der Waals surface area contributed by atoms with Crippen LogP contribution in [0.3, 0.4) is 0 Å². The van der Waals surface area contributed by atoms with Gasteiger partial charge in [0.2, 0.25) is 0 Å². The summed E-state index contributed by atoms with van der Waals surface area (Å²) >= 11 is 9.59. The SMILES string of the molecule is S=C(SC(CCc1ccccc1)c1ccncc1)SC(CCc1ccccc1)c1ccncc1. The summed E-state index contributed by atoms with van der Waals surface area (Å²) < 4.78 is 0.991. The topological polar surface area (TPSA) is 25.8 Å². The van der Waals surface area contributed by atoms with Crippen molar-refractivity contribution in [3.8, 4) is 0 Å². The largest absolute Gasteiger partial charge is 0.265 e. The molecule has 0 amide bonds.